The molecule has 0 spiro atoms. The van der Waals surface area contributed by atoms with Crippen molar-refractivity contribution in [3.8, 4) is 5.88 Å². The minimum Gasteiger partial charge on any atom is -0.481 e. The number of hydrogen-bond donors (Lipinski definition) is 1. The Kier molecular flexibility index (Phi) is 8.60. The monoisotopic (exact) mass is 335 g/mol. The number of hydrogen-bond acceptors (Lipinski definition) is 4. The van der Waals surface area contributed by atoms with E-state index in [4.69, 9.17) is 4.74 Å². The summed E-state index contributed by atoms with van der Waals surface area (Å²) in [5, 5.41) is 3.21. The Balaban J connectivity index is 2.78. The van der Waals surface area contributed by atoms with E-state index in [0.717, 1.165) is 12.2 Å². The predicted molar refractivity (Wildman–Crippen MR) is 96.2 cm³/mol. The van der Waals surface area contributed by atoms with Crippen LogP contribution in [0, 0.1) is 0 Å². The minimum absolute atomic E-state index is 0.0904. The Labute approximate surface area is 144 Å². The number of nitrogens with zero attached hydrogens (tertiary/aromatic N) is 4. The van der Waals surface area contributed by atoms with Gasteiger partial charge in [-0.25, -0.2) is 9.98 Å². The van der Waals surface area contributed by atoms with Gasteiger partial charge in [-0.2, -0.15) is 0 Å². The van der Waals surface area contributed by atoms with Crippen molar-refractivity contribution in [2.24, 2.45) is 4.99 Å². The fourth-order valence-electron chi connectivity index (χ4n) is 2.24. The van der Waals surface area contributed by atoms with Gasteiger partial charge < -0.3 is 19.9 Å². The number of carbonyl (C=O) groups excluding carboxylic acids is 1. The number of methoxy groups -OCH3 is 1. The Morgan fingerprint density at radius 3 is 2.58 bits per heavy atom. The molecule has 0 aliphatic heterocycles. The topological polar surface area (TPSA) is 70.1 Å². The highest BCUT2D eigenvalue weighted by atomic mass is 16.5. The second-order valence-electron chi connectivity index (χ2n) is 5.26. The van der Waals surface area contributed by atoms with Gasteiger partial charge in [0.1, 0.15) is 0 Å². The summed E-state index contributed by atoms with van der Waals surface area (Å²) in [7, 11) is 3.45. The molecule has 1 heterocycles. The first-order valence-electron chi connectivity index (χ1n) is 8.32. The SMILES string of the molecule is CCNC(=NCc1cccc(OC)n1)N(C)CC(=O)N(CC)CC. The van der Waals surface area contributed by atoms with Crippen molar-refractivity contribution in [3.05, 3.63) is 23.9 Å². The lowest BCUT2D eigenvalue weighted by Crippen LogP contribution is -2.45. The highest BCUT2D eigenvalue weighted by Crippen LogP contribution is 2.07. The number of amides is 1. The molecule has 24 heavy (non-hydrogen) atoms. The van der Waals surface area contributed by atoms with Gasteiger partial charge in [-0.1, -0.05) is 6.07 Å². The van der Waals surface area contributed by atoms with E-state index in [0.29, 0.717) is 38.0 Å². The Bertz CT molecular complexity index is 544. The van der Waals surface area contributed by atoms with Gasteiger partial charge in [0, 0.05) is 32.7 Å². The molecule has 7 nitrogen and oxygen atoms in total. The van der Waals surface area contributed by atoms with Gasteiger partial charge in [0.2, 0.25) is 11.8 Å². The van der Waals surface area contributed by atoms with Crippen LogP contribution in [0.1, 0.15) is 26.5 Å². The van der Waals surface area contributed by atoms with Crippen LogP contribution in [-0.4, -0.2) is 67.0 Å². The zero-order valence-corrected chi connectivity index (χ0v) is 15.4. The quantitative estimate of drug-likeness (QED) is 0.574. The lowest BCUT2D eigenvalue weighted by Gasteiger charge is -2.25. The third kappa shape index (κ3) is 6.06. The molecule has 1 aromatic heterocycles. The van der Waals surface area contributed by atoms with Crippen molar-refractivity contribution in [2.45, 2.75) is 27.3 Å². The molecule has 0 aliphatic carbocycles. The summed E-state index contributed by atoms with van der Waals surface area (Å²) < 4.78 is 5.12. The standard InChI is InChI=1S/C17H29N5O2/c1-6-18-17(21(4)13-16(23)22(7-2)8-3)19-12-14-10-9-11-15(20-14)24-5/h9-11H,6-8,12-13H2,1-5H3,(H,18,19). The number of guanidine groups is 1. The molecule has 0 aromatic carbocycles. The molecule has 0 bridgehead atoms. The Morgan fingerprint density at radius 1 is 1.29 bits per heavy atom. The van der Waals surface area contributed by atoms with Crippen LogP contribution >= 0.6 is 0 Å². The Hall–Kier alpha value is -2.31. The van der Waals surface area contributed by atoms with Crippen LogP contribution in [0.4, 0.5) is 0 Å². The third-order valence-electron chi connectivity index (χ3n) is 3.57. The first-order valence-corrected chi connectivity index (χ1v) is 8.32. The Morgan fingerprint density at radius 2 is 2.00 bits per heavy atom. The maximum atomic E-state index is 12.3. The molecule has 0 saturated carbocycles. The molecule has 0 atom stereocenters. The number of ether oxygens (including phenoxy) is 1. The highest BCUT2D eigenvalue weighted by Gasteiger charge is 2.15. The lowest BCUT2D eigenvalue weighted by molar-refractivity contribution is -0.131. The van der Waals surface area contributed by atoms with Crippen LogP contribution in [0.15, 0.2) is 23.2 Å². The highest BCUT2D eigenvalue weighted by molar-refractivity contribution is 5.86. The molecule has 1 rings (SSSR count). The molecular weight excluding hydrogens is 306 g/mol. The maximum Gasteiger partial charge on any atom is 0.242 e. The van der Waals surface area contributed by atoms with Crippen molar-refractivity contribution < 1.29 is 9.53 Å². The van der Waals surface area contributed by atoms with Crippen LogP contribution in [0.2, 0.25) is 0 Å². The largest absolute Gasteiger partial charge is 0.481 e. The van der Waals surface area contributed by atoms with E-state index in [-0.39, 0.29) is 5.91 Å². The van der Waals surface area contributed by atoms with E-state index >= 15 is 0 Å². The van der Waals surface area contributed by atoms with Gasteiger partial charge in [-0.3, -0.25) is 4.79 Å². The molecule has 0 radical (unpaired) electrons. The van der Waals surface area contributed by atoms with E-state index < -0.39 is 0 Å². The van der Waals surface area contributed by atoms with E-state index in [1.165, 1.54) is 0 Å². The molecule has 7 heteroatoms. The lowest BCUT2D eigenvalue weighted by atomic mass is 10.3. The first-order chi connectivity index (χ1) is 11.5. The molecule has 0 fully saturated rings. The molecule has 0 unspecified atom stereocenters. The summed E-state index contributed by atoms with van der Waals surface area (Å²) in [6, 6.07) is 5.58. The smallest absolute Gasteiger partial charge is 0.242 e. The van der Waals surface area contributed by atoms with Crippen molar-refractivity contribution in [1.29, 1.82) is 0 Å². The van der Waals surface area contributed by atoms with E-state index in [1.54, 1.807) is 13.2 Å². The summed E-state index contributed by atoms with van der Waals surface area (Å²) in [5.74, 6) is 1.34. The fraction of sp³-hybridized carbons (Fsp3) is 0.588. The van der Waals surface area contributed by atoms with Crippen LogP contribution < -0.4 is 10.1 Å². The zero-order chi connectivity index (χ0) is 17.9. The molecule has 134 valence electrons. The van der Waals surface area contributed by atoms with E-state index in [9.17, 15) is 4.79 Å². The number of nitrogens with one attached hydrogen (secondary N) is 1. The van der Waals surface area contributed by atoms with Gasteiger partial charge in [-0.05, 0) is 26.8 Å². The van der Waals surface area contributed by atoms with Gasteiger partial charge >= 0.3 is 0 Å². The molecular formula is C17H29N5O2. The van der Waals surface area contributed by atoms with E-state index in [2.05, 4.69) is 15.3 Å². The fourth-order valence-corrected chi connectivity index (χ4v) is 2.24. The molecule has 0 aliphatic rings. The maximum absolute atomic E-state index is 12.3. The molecule has 0 saturated heterocycles. The summed E-state index contributed by atoms with van der Waals surface area (Å²) in [6.45, 7) is 8.83. The van der Waals surface area contributed by atoms with Gasteiger partial charge in [0.15, 0.2) is 5.96 Å². The van der Waals surface area contributed by atoms with Crippen molar-refractivity contribution in [2.75, 3.05) is 40.3 Å². The number of aromatic nitrogens is 1. The molecule has 1 amide bonds. The van der Waals surface area contributed by atoms with Crippen LogP contribution in [0.5, 0.6) is 5.88 Å². The van der Waals surface area contributed by atoms with Crippen molar-refractivity contribution in [1.82, 2.24) is 20.1 Å². The van der Waals surface area contributed by atoms with Gasteiger partial charge in [0.05, 0.1) is 25.9 Å². The summed E-state index contributed by atoms with van der Waals surface area (Å²) >= 11 is 0. The summed E-state index contributed by atoms with van der Waals surface area (Å²) in [4.78, 5) is 24.8. The van der Waals surface area contributed by atoms with Crippen LogP contribution in [-0.2, 0) is 11.3 Å². The predicted octanol–water partition coefficient (Wildman–Crippen LogP) is 1.36. The number of likely N-dealkylation sites (N-methyl/N-ethyl adjacent to an activating group) is 2. The molecule has 1 aromatic rings. The summed E-state index contributed by atoms with van der Waals surface area (Å²) in [5.41, 5.74) is 0.813. The second-order valence-corrected chi connectivity index (χ2v) is 5.26. The normalized spacial score (nSPS) is 11.1. The van der Waals surface area contributed by atoms with Crippen LogP contribution in [0.3, 0.4) is 0 Å². The number of aliphatic imine (C=N–C) groups is 1. The summed E-state index contributed by atoms with van der Waals surface area (Å²) in [6.07, 6.45) is 0. The van der Waals surface area contributed by atoms with Crippen molar-refractivity contribution in [3.63, 3.8) is 0 Å². The number of pyridine rings is 1. The zero-order valence-electron chi connectivity index (χ0n) is 15.4. The molecule has 1 N–H and O–H groups in total. The number of rotatable bonds is 8. The van der Waals surface area contributed by atoms with Gasteiger partial charge in [-0.15, -0.1) is 0 Å². The first kappa shape index (κ1) is 19.7. The van der Waals surface area contributed by atoms with Gasteiger partial charge in [0.25, 0.3) is 0 Å². The van der Waals surface area contributed by atoms with Crippen molar-refractivity contribution >= 4 is 11.9 Å². The minimum atomic E-state index is 0.0904. The second kappa shape index (κ2) is 10.5. The average Bonchev–Trinajstić information content (AvgIpc) is 2.59. The van der Waals surface area contributed by atoms with Crippen LogP contribution in [0.25, 0.3) is 0 Å². The van der Waals surface area contributed by atoms with E-state index in [1.807, 2.05) is 49.8 Å². The third-order valence-corrected chi connectivity index (χ3v) is 3.57. The number of carbonyl (C=O) groups is 1. The average molecular weight is 335 g/mol.